The minimum absolute atomic E-state index is 0.113. The number of benzene rings is 1. The second kappa shape index (κ2) is 5.58. The Bertz CT molecular complexity index is 330. The van der Waals surface area contributed by atoms with Gasteiger partial charge in [0, 0.05) is 4.47 Å². The lowest BCUT2D eigenvalue weighted by atomic mass is 10.3. The molecule has 3 nitrogen and oxygen atoms in total. The monoisotopic (exact) mass is 255 g/mol. The van der Waals surface area contributed by atoms with Gasteiger partial charge in [-0.3, -0.25) is 0 Å². The Kier molecular flexibility index (Phi) is 4.36. The fourth-order valence-corrected chi connectivity index (χ4v) is 1.21. The Balaban J connectivity index is 2.51. The van der Waals surface area contributed by atoms with Crippen molar-refractivity contribution in [2.24, 2.45) is 4.99 Å². The van der Waals surface area contributed by atoms with E-state index in [1.165, 1.54) is 6.08 Å². The number of aliphatic imine (C=N–C) groups is 1. The molecule has 4 heteroatoms. The average Bonchev–Trinajstić information content (AvgIpc) is 2.18. The SMILES string of the molecule is CC(CN=C=O)Oc1ccc(Br)cc1. The second-order valence-electron chi connectivity index (χ2n) is 2.81. The molecule has 0 amide bonds. The van der Waals surface area contributed by atoms with E-state index in [-0.39, 0.29) is 6.10 Å². The maximum atomic E-state index is 9.85. The number of carbonyl (C=O) groups excluding carboxylic acids is 1. The van der Waals surface area contributed by atoms with Crippen molar-refractivity contribution in [3.05, 3.63) is 28.7 Å². The molecule has 0 heterocycles. The summed E-state index contributed by atoms with van der Waals surface area (Å²) < 4.78 is 6.48. The number of hydrogen-bond acceptors (Lipinski definition) is 3. The van der Waals surface area contributed by atoms with Crippen LogP contribution in [-0.4, -0.2) is 18.7 Å². The van der Waals surface area contributed by atoms with Crippen LogP contribution in [0.5, 0.6) is 5.75 Å². The van der Waals surface area contributed by atoms with Crippen LogP contribution in [0.15, 0.2) is 33.7 Å². The van der Waals surface area contributed by atoms with Crippen molar-refractivity contribution >= 4 is 22.0 Å². The topological polar surface area (TPSA) is 38.7 Å². The Morgan fingerprint density at radius 2 is 2.14 bits per heavy atom. The summed E-state index contributed by atoms with van der Waals surface area (Å²) in [4.78, 5) is 13.3. The maximum absolute atomic E-state index is 9.85. The first kappa shape index (κ1) is 11.0. The first-order valence-electron chi connectivity index (χ1n) is 4.18. The summed E-state index contributed by atoms with van der Waals surface area (Å²) in [6.45, 7) is 2.18. The molecule has 0 saturated heterocycles. The molecule has 1 rings (SSSR count). The van der Waals surface area contributed by atoms with Gasteiger partial charge in [0.2, 0.25) is 6.08 Å². The summed E-state index contributed by atoms with van der Waals surface area (Å²) in [7, 11) is 0. The summed E-state index contributed by atoms with van der Waals surface area (Å²) in [6.07, 6.45) is 1.37. The molecule has 14 heavy (non-hydrogen) atoms. The third kappa shape index (κ3) is 3.73. The Hall–Kier alpha value is -1.12. The molecule has 0 aliphatic heterocycles. The molecular formula is C10H10BrNO2. The predicted molar refractivity (Wildman–Crippen MR) is 57.2 cm³/mol. The van der Waals surface area contributed by atoms with E-state index in [0.717, 1.165) is 10.2 Å². The highest BCUT2D eigenvalue weighted by Gasteiger charge is 2.02. The third-order valence-corrected chi connectivity index (χ3v) is 2.09. The maximum Gasteiger partial charge on any atom is 0.235 e. The number of hydrogen-bond donors (Lipinski definition) is 0. The minimum atomic E-state index is -0.113. The van der Waals surface area contributed by atoms with E-state index in [2.05, 4.69) is 20.9 Å². The van der Waals surface area contributed by atoms with E-state index in [1.54, 1.807) is 0 Å². The highest BCUT2D eigenvalue weighted by molar-refractivity contribution is 9.10. The van der Waals surface area contributed by atoms with Gasteiger partial charge in [-0.1, -0.05) is 15.9 Å². The van der Waals surface area contributed by atoms with Gasteiger partial charge in [-0.25, -0.2) is 9.79 Å². The summed E-state index contributed by atoms with van der Waals surface area (Å²) in [5.74, 6) is 0.766. The van der Waals surface area contributed by atoms with Gasteiger partial charge in [0.05, 0.1) is 6.54 Å². The standard InChI is InChI=1S/C10H10BrNO2/c1-8(6-12-7-13)14-10-4-2-9(11)3-5-10/h2-5,8H,6H2,1H3. The number of halogens is 1. The first-order valence-corrected chi connectivity index (χ1v) is 4.97. The fourth-order valence-electron chi connectivity index (χ4n) is 0.949. The number of isocyanates is 1. The minimum Gasteiger partial charge on any atom is -0.489 e. The van der Waals surface area contributed by atoms with Gasteiger partial charge in [-0.05, 0) is 31.2 Å². The van der Waals surface area contributed by atoms with Crippen LogP contribution >= 0.6 is 15.9 Å². The summed E-state index contributed by atoms with van der Waals surface area (Å²) in [5.41, 5.74) is 0. The second-order valence-corrected chi connectivity index (χ2v) is 3.73. The summed E-state index contributed by atoms with van der Waals surface area (Å²) >= 11 is 3.33. The molecular weight excluding hydrogens is 246 g/mol. The van der Waals surface area contributed by atoms with Crippen molar-refractivity contribution in [1.29, 1.82) is 0 Å². The molecule has 1 aromatic carbocycles. The van der Waals surface area contributed by atoms with Gasteiger partial charge in [-0.15, -0.1) is 0 Å². The van der Waals surface area contributed by atoms with Crippen LogP contribution in [0.4, 0.5) is 0 Å². The lowest BCUT2D eigenvalue weighted by Crippen LogP contribution is -2.15. The molecule has 1 unspecified atom stereocenters. The van der Waals surface area contributed by atoms with Gasteiger partial charge in [0.1, 0.15) is 11.9 Å². The molecule has 74 valence electrons. The lowest BCUT2D eigenvalue weighted by Gasteiger charge is -2.11. The predicted octanol–water partition coefficient (Wildman–Crippen LogP) is 2.55. The summed E-state index contributed by atoms with van der Waals surface area (Å²) in [6, 6.07) is 7.49. The molecule has 1 aromatic rings. The Labute approximate surface area is 90.9 Å². The number of rotatable bonds is 4. The zero-order valence-corrected chi connectivity index (χ0v) is 9.32. The smallest absolute Gasteiger partial charge is 0.235 e. The molecule has 1 atom stereocenters. The van der Waals surface area contributed by atoms with Crippen molar-refractivity contribution in [2.45, 2.75) is 13.0 Å². The normalized spacial score (nSPS) is 11.6. The van der Waals surface area contributed by atoms with Crippen LogP contribution < -0.4 is 4.74 Å². The largest absolute Gasteiger partial charge is 0.489 e. The fraction of sp³-hybridized carbons (Fsp3) is 0.300. The van der Waals surface area contributed by atoms with E-state index in [9.17, 15) is 4.79 Å². The molecule has 0 spiro atoms. The van der Waals surface area contributed by atoms with Crippen LogP contribution in [-0.2, 0) is 4.79 Å². The van der Waals surface area contributed by atoms with Gasteiger partial charge < -0.3 is 4.74 Å². The van der Waals surface area contributed by atoms with Gasteiger partial charge in [-0.2, -0.15) is 0 Å². The highest BCUT2D eigenvalue weighted by atomic mass is 79.9. The lowest BCUT2D eigenvalue weighted by molar-refractivity contribution is 0.230. The van der Waals surface area contributed by atoms with Crippen LogP contribution in [0.25, 0.3) is 0 Å². The van der Waals surface area contributed by atoms with E-state index >= 15 is 0 Å². The highest BCUT2D eigenvalue weighted by Crippen LogP contribution is 2.17. The Morgan fingerprint density at radius 1 is 1.50 bits per heavy atom. The van der Waals surface area contributed by atoms with Crippen LogP contribution in [0.2, 0.25) is 0 Å². The van der Waals surface area contributed by atoms with Gasteiger partial charge >= 0.3 is 0 Å². The van der Waals surface area contributed by atoms with E-state index in [1.807, 2.05) is 31.2 Å². The zero-order chi connectivity index (χ0) is 10.4. The van der Waals surface area contributed by atoms with Crippen molar-refractivity contribution < 1.29 is 9.53 Å². The average molecular weight is 256 g/mol. The summed E-state index contributed by atoms with van der Waals surface area (Å²) in [5, 5.41) is 0. The third-order valence-electron chi connectivity index (χ3n) is 1.56. The van der Waals surface area contributed by atoms with Crippen LogP contribution in [0.3, 0.4) is 0 Å². The molecule has 0 aliphatic carbocycles. The molecule has 0 radical (unpaired) electrons. The van der Waals surface area contributed by atoms with E-state index in [0.29, 0.717) is 6.54 Å². The molecule has 0 saturated carbocycles. The zero-order valence-electron chi connectivity index (χ0n) is 7.74. The van der Waals surface area contributed by atoms with Gasteiger partial charge in [0.25, 0.3) is 0 Å². The number of ether oxygens (including phenoxy) is 1. The van der Waals surface area contributed by atoms with Gasteiger partial charge in [0.15, 0.2) is 0 Å². The molecule has 0 aromatic heterocycles. The van der Waals surface area contributed by atoms with Crippen molar-refractivity contribution in [3.63, 3.8) is 0 Å². The molecule has 0 N–H and O–H groups in total. The van der Waals surface area contributed by atoms with E-state index < -0.39 is 0 Å². The van der Waals surface area contributed by atoms with Crippen molar-refractivity contribution in [2.75, 3.05) is 6.54 Å². The molecule has 0 bridgehead atoms. The van der Waals surface area contributed by atoms with Crippen LogP contribution in [0.1, 0.15) is 6.92 Å². The quantitative estimate of drug-likeness (QED) is 0.613. The van der Waals surface area contributed by atoms with Crippen molar-refractivity contribution in [1.82, 2.24) is 0 Å². The first-order chi connectivity index (χ1) is 6.72. The Morgan fingerprint density at radius 3 is 2.71 bits per heavy atom. The van der Waals surface area contributed by atoms with E-state index in [4.69, 9.17) is 4.74 Å². The molecule has 0 fully saturated rings. The van der Waals surface area contributed by atoms with Crippen molar-refractivity contribution in [3.8, 4) is 5.75 Å². The molecule has 0 aliphatic rings. The van der Waals surface area contributed by atoms with Crippen LogP contribution in [0, 0.1) is 0 Å². The number of nitrogens with zero attached hydrogens (tertiary/aromatic N) is 1.